The second-order valence-corrected chi connectivity index (χ2v) is 4.53. The van der Waals surface area contributed by atoms with Gasteiger partial charge < -0.3 is 10.4 Å². The van der Waals surface area contributed by atoms with E-state index in [-0.39, 0.29) is 5.41 Å². The quantitative estimate of drug-likeness (QED) is 0.714. The van der Waals surface area contributed by atoms with E-state index in [4.69, 9.17) is 0 Å². The SMILES string of the molecule is CC(C)[C@]1(C)c2ccccc2NC1O. The van der Waals surface area contributed by atoms with Crippen LogP contribution in [0.1, 0.15) is 26.3 Å². The van der Waals surface area contributed by atoms with Crippen LogP contribution in [0.3, 0.4) is 0 Å². The minimum absolute atomic E-state index is 0.170. The van der Waals surface area contributed by atoms with Crippen molar-refractivity contribution in [3.05, 3.63) is 29.8 Å². The predicted octanol–water partition coefficient (Wildman–Crippen LogP) is 2.34. The predicted molar refractivity (Wildman–Crippen MR) is 58.3 cm³/mol. The summed E-state index contributed by atoms with van der Waals surface area (Å²) in [5, 5.41) is 13.2. The van der Waals surface area contributed by atoms with Gasteiger partial charge in [0.05, 0.1) is 0 Å². The van der Waals surface area contributed by atoms with Crippen molar-refractivity contribution in [3.63, 3.8) is 0 Å². The summed E-state index contributed by atoms with van der Waals surface area (Å²) in [6, 6.07) is 8.13. The molecule has 2 N–H and O–H groups in total. The molecule has 1 aliphatic rings. The van der Waals surface area contributed by atoms with Gasteiger partial charge >= 0.3 is 0 Å². The maximum Gasteiger partial charge on any atom is 0.134 e. The number of aliphatic hydroxyl groups excluding tert-OH is 1. The third kappa shape index (κ3) is 1.07. The van der Waals surface area contributed by atoms with Crippen LogP contribution in [0.4, 0.5) is 5.69 Å². The molecule has 0 radical (unpaired) electrons. The Morgan fingerprint density at radius 2 is 2.00 bits per heavy atom. The number of anilines is 1. The van der Waals surface area contributed by atoms with Gasteiger partial charge in [0.2, 0.25) is 0 Å². The van der Waals surface area contributed by atoms with E-state index >= 15 is 0 Å². The molecular weight excluding hydrogens is 174 g/mol. The van der Waals surface area contributed by atoms with Crippen LogP contribution in [0.2, 0.25) is 0 Å². The first-order chi connectivity index (χ1) is 6.56. The van der Waals surface area contributed by atoms with Gasteiger partial charge in [0, 0.05) is 11.1 Å². The number of nitrogens with one attached hydrogen (secondary N) is 1. The normalized spacial score (nSPS) is 30.2. The Hall–Kier alpha value is -1.02. The number of rotatable bonds is 1. The molecule has 0 fully saturated rings. The maximum absolute atomic E-state index is 10.0. The maximum atomic E-state index is 10.0. The fraction of sp³-hybridized carbons (Fsp3) is 0.500. The standard InChI is InChI=1S/C12H17NO/c1-8(2)12(3)9-6-4-5-7-10(9)13-11(12)14/h4-8,11,13-14H,1-3H3/t11?,12-/m1/s1. The molecule has 14 heavy (non-hydrogen) atoms. The molecule has 0 aromatic heterocycles. The van der Waals surface area contributed by atoms with Crippen LogP contribution < -0.4 is 5.32 Å². The van der Waals surface area contributed by atoms with E-state index in [1.807, 2.05) is 18.2 Å². The summed E-state index contributed by atoms with van der Waals surface area (Å²) in [5.74, 6) is 0.411. The average Bonchev–Trinajstić information content (AvgIpc) is 2.41. The molecule has 1 heterocycles. The summed E-state index contributed by atoms with van der Waals surface area (Å²) in [7, 11) is 0. The summed E-state index contributed by atoms with van der Waals surface area (Å²) in [6.07, 6.45) is -0.472. The molecule has 0 saturated heterocycles. The lowest BCUT2D eigenvalue weighted by molar-refractivity contribution is 0.0955. The van der Waals surface area contributed by atoms with Crippen LogP contribution in [0, 0.1) is 5.92 Å². The molecular formula is C12H17NO. The molecule has 2 heteroatoms. The summed E-state index contributed by atoms with van der Waals surface area (Å²) >= 11 is 0. The molecule has 1 aromatic carbocycles. The molecule has 0 bridgehead atoms. The van der Waals surface area contributed by atoms with Gasteiger partial charge in [-0.15, -0.1) is 0 Å². The number of benzene rings is 1. The zero-order valence-corrected chi connectivity index (χ0v) is 8.91. The Kier molecular flexibility index (Phi) is 2.04. The molecule has 2 rings (SSSR count). The smallest absolute Gasteiger partial charge is 0.134 e. The van der Waals surface area contributed by atoms with Gasteiger partial charge in [0.25, 0.3) is 0 Å². The van der Waals surface area contributed by atoms with E-state index < -0.39 is 6.23 Å². The van der Waals surface area contributed by atoms with E-state index in [0.717, 1.165) is 5.69 Å². The third-order valence-corrected chi connectivity index (χ3v) is 3.57. The van der Waals surface area contributed by atoms with Gasteiger partial charge in [-0.25, -0.2) is 0 Å². The van der Waals surface area contributed by atoms with Crippen molar-refractivity contribution in [1.29, 1.82) is 0 Å². The molecule has 2 nitrogen and oxygen atoms in total. The number of hydrogen-bond acceptors (Lipinski definition) is 2. The Labute approximate surface area is 85.0 Å². The van der Waals surface area contributed by atoms with Crippen molar-refractivity contribution < 1.29 is 5.11 Å². The molecule has 0 amide bonds. The monoisotopic (exact) mass is 191 g/mol. The highest BCUT2D eigenvalue weighted by molar-refractivity contribution is 5.61. The topological polar surface area (TPSA) is 32.3 Å². The van der Waals surface area contributed by atoms with Crippen LogP contribution in [-0.2, 0) is 5.41 Å². The Bertz CT molecular complexity index is 348. The molecule has 0 aliphatic carbocycles. The highest BCUT2D eigenvalue weighted by Crippen LogP contribution is 2.44. The second-order valence-electron chi connectivity index (χ2n) is 4.53. The number of aliphatic hydroxyl groups is 1. The lowest BCUT2D eigenvalue weighted by Crippen LogP contribution is -2.40. The van der Waals surface area contributed by atoms with Crippen molar-refractivity contribution in [2.75, 3.05) is 5.32 Å². The van der Waals surface area contributed by atoms with Gasteiger partial charge in [0.15, 0.2) is 0 Å². The summed E-state index contributed by atoms with van der Waals surface area (Å²) in [6.45, 7) is 6.40. The van der Waals surface area contributed by atoms with Crippen molar-refractivity contribution in [2.45, 2.75) is 32.4 Å². The fourth-order valence-corrected chi connectivity index (χ4v) is 2.15. The van der Waals surface area contributed by atoms with Gasteiger partial charge in [-0.05, 0) is 17.5 Å². The lowest BCUT2D eigenvalue weighted by Gasteiger charge is -2.32. The number of fused-ring (bicyclic) bond motifs is 1. The van der Waals surface area contributed by atoms with Crippen molar-refractivity contribution >= 4 is 5.69 Å². The highest BCUT2D eigenvalue weighted by atomic mass is 16.3. The fourth-order valence-electron chi connectivity index (χ4n) is 2.15. The van der Waals surface area contributed by atoms with E-state index in [9.17, 15) is 5.11 Å². The third-order valence-electron chi connectivity index (χ3n) is 3.57. The molecule has 1 aromatic rings. The zero-order valence-electron chi connectivity index (χ0n) is 8.91. The van der Waals surface area contributed by atoms with Gasteiger partial charge in [-0.3, -0.25) is 0 Å². The van der Waals surface area contributed by atoms with Crippen molar-refractivity contribution in [2.24, 2.45) is 5.92 Å². The average molecular weight is 191 g/mol. The van der Waals surface area contributed by atoms with Crippen LogP contribution >= 0.6 is 0 Å². The first kappa shape index (κ1) is 9.53. The van der Waals surface area contributed by atoms with Crippen molar-refractivity contribution in [1.82, 2.24) is 0 Å². The largest absolute Gasteiger partial charge is 0.373 e. The molecule has 76 valence electrons. The van der Waals surface area contributed by atoms with E-state index in [1.165, 1.54) is 5.56 Å². The Morgan fingerprint density at radius 3 is 2.64 bits per heavy atom. The number of para-hydroxylation sites is 1. The van der Waals surface area contributed by atoms with Gasteiger partial charge in [-0.1, -0.05) is 39.0 Å². The second kappa shape index (κ2) is 2.99. The zero-order chi connectivity index (χ0) is 10.3. The minimum atomic E-state index is -0.472. The summed E-state index contributed by atoms with van der Waals surface area (Å²) in [5.41, 5.74) is 2.12. The first-order valence-electron chi connectivity index (χ1n) is 5.11. The molecule has 1 aliphatic heterocycles. The van der Waals surface area contributed by atoms with Gasteiger partial charge in [0.1, 0.15) is 6.23 Å². The van der Waals surface area contributed by atoms with Crippen LogP contribution in [0.5, 0.6) is 0 Å². The molecule has 0 spiro atoms. The van der Waals surface area contributed by atoms with Crippen LogP contribution in [-0.4, -0.2) is 11.3 Å². The Morgan fingerprint density at radius 1 is 1.36 bits per heavy atom. The summed E-state index contributed by atoms with van der Waals surface area (Å²) < 4.78 is 0. The molecule has 2 atom stereocenters. The van der Waals surface area contributed by atoms with Crippen LogP contribution in [0.15, 0.2) is 24.3 Å². The van der Waals surface area contributed by atoms with E-state index in [1.54, 1.807) is 0 Å². The first-order valence-corrected chi connectivity index (χ1v) is 5.11. The van der Waals surface area contributed by atoms with Crippen LogP contribution in [0.25, 0.3) is 0 Å². The van der Waals surface area contributed by atoms with Gasteiger partial charge in [-0.2, -0.15) is 0 Å². The van der Waals surface area contributed by atoms with E-state index in [0.29, 0.717) is 5.92 Å². The number of hydrogen-bond donors (Lipinski definition) is 2. The Balaban J connectivity index is 2.54. The molecule has 1 unspecified atom stereocenters. The summed E-state index contributed by atoms with van der Waals surface area (Å²) in [4.78, 5) is 0. The van der Waals surface area contributed by atoms with Crippen molar-refractivity contribution in [3.8, 4) is 0 Å². The van der Waals surface area contributed by atoms with E-state index in [2.05, 4.69) is 32.2 Å². The molecule has 0 saturated carbocycles. The highest BCUT2D eigenvalue weighted by Gasteiger charge is 2.44. The lowest BCUT2D eigenvalue weighted by atomic mass is 9.74. The minimum Gasteiger partial charge on any atom is -0.373 e.